The standard InChI is InChI=1S/C6H4F3NO4S/c7-6(8,9)14-3-1-4(15-2-3)5(11)10(12)13/h1-2,5,11H. The predicted molar refractivity (Wildman–Crippen MR) is 43.0 cm³/mol. The third kappa shape index (κ3) is 3.36. The van der Waals surface area contributed by atoms with Crippen LogP contribution in [-0.4, -0.2) is 16.4 Å². The van der Waals surface area contributed by atoms with E-state index < -0.39 is 23.3 Å². The number of alkyl halides is 3. The Morgan fingerprint density at radius 2 is 2.20 bits per heavy atom. The van der Waals surface area contributed by atoms with E-state index in [9.17, 15) is 23.3 Å². The van der Waals surface area contributed by atoms with E-state index in [-0.39, 0.29) is 4.88 Å². The maximum atomic E-state index is 11.7. The van der Waals surface area contributed by atoms with Crippen LogP contribution < -0.4 is 4.74 Å². The van der Waals surface area contributed by atoms with Gasteiger partial charge in [0.05, 0.1) is 4.92 Å². The Morgan fingerprint density at radius 3 is 2.67 bits per heavy atom. The summed E-state index contributed by atoms with van der Waals surface area (Å²) in [5, 5.41) is 19.9. The molecule has 15 heavy (non-hydrogen) atoms. The summed E-state index contributed by atoms with van der Waals surface area (Å²) >= 11 is 0.610. The van der Waals surface area contributed by atoms with Crippen LogP contribution in [0.2, 0.25) is 0 Å². The molecule has 1 rings (SSSR count). The minimum atomic E-state index is -4.85. The zero-order valence-electron chi connectivity index (χ0n) is 6.89. The van der Waals surface area contributed by atoms with Crippen LogP contribution in [0.15, 0.2) is 11.4 Å². The van der Waals surface area contributed by atoms with Gasteiger partial charge in [0.1, 0.15) is 10.6 Å². The van der Waals surface area contributed by atoms with Gasteiger partial charge in [0.25, 0.3) is 0 Å². The number of aliphatic hydroxyl groups excluding tert-OH is 1. The van der Waals surface area contributed by atoms with Crippen molar-refractivity contribution in [2.24, 2.45) is 0 Å². The highest BCUT2D eigenvalue weighted by atomic mass is 32.1. The molecule has 0 radical (unpaired) electrons. The minimum absolute atomic E-state index is 0.223. The first-order valence-electron chi connectivity index (χ1n) is 3.45. The van der Waals surface area contributed by atoms with Gasteiger partial charge in [0.15, 0.2) is 0 Å². The second kappa shape index (κ2) is 4.03. The molecule has 1 atom stereocenters. The van der Waals surface area contributed by atoms with Crippen LogP contribution in [0.4, 0.5) is 13.2 Å². The molecule has 0 aliphatic carbocycles. The van der Waals surface area contributed by atoms with Crippen LogP contribution >= 0.6 is 11.3 Å². The van der Waals surface area contributed by atoms with E-state index in [2.05, 4.69) is 4.74 Å². The molecule has 1 aromatic heterocycles. The number of nitro groups is 1. The fourth-order valence-electron chi connectivity index (χ4n) is 0.761. The Labute approximate surface area is 84.9 Å². The number of rotatable bonds is 3. The van der Waals surface area contributed by atoms with Gasteiger partial charge in [-0.25, -0.2) is 0 Å². The first-order valence-corrected chi connectivity index (χ1v) is 4.33. The molecule has 1 heterocycles. The molecule has 0 saturated carbocycles. The third-order valence-electron chi connectivity index (χ3n) is 1.28. The summed E-state index contributed by atoms with van der Waals surface area (Å²) in [6.07, 6.45) is -6.88. The van der Waals surface area contributed by atoms with Crippen LogP contribution in [-0.2, 0) is 0 Å². The Balaban J connectivity index is 2.77. The second-order valence-electron chi connectivity index (χ2n) is 2.39. The summed E-state index contributed by atoms with van der Waals surface area (Å²) in [6, 6.07) is 0.769. The molecule has 0 aliphatic heterocycles. The van der Waals surface area contributed by atoms with Gasteiger partial charge >= 0.3 is 12.6 Å². The van der Waals surface area contributed by atoms with E-state index in [4.69, 9.17) is 5.11 Å². The van der Waals surface area contributed by atoms with Crippen LogP contribution in [0.3, 0.4) is 0 Å². The topological polar surface area (TPSA) is 72.6 Å². The van der Waals surface area contributed by atoms with E-state index in [0.29, 0.717) is 11.3 Å². The van der Waals surface area contributed by atoms with Gasteiger partial charge in [-0.2, -0.15) is 0 Å². The Hall–Kier alpha value is -1.35. The van der Waals surface area contributed by atoms with Gasteiger partial charge in [0.2, 0.25) is 0 Å². The van der Waals surface area contributed by atoms with Gasteiger partial charge in [-0.3, -0.25) is 10.1 Å². The summed E-state index contributed by atoms with van der Waals surface area (Å²) < 4.78 is 38.6. The summed E-state index contributed by atoms with van der Waals surface area (Å²) in [5.74, 6) is -0.580. The van der Waals surface area contributed by atoms with Gasteiger partial charge in [-0.15, -0.1) is 24.5 Å². The predicted octanol–water partition coefficient (Wildman–Crippen LogP) is 1.91. The van der Waals surface area contributed by atoms with Crippen molar-refractivity contribution in [3.63, 3.8) is 0 Å². The van der Waals surface area contributed by atoms with Crippen molar-refractivity contribution >= 4 is 11.3 Å². The molecule has 84 valence electrons. The number of hydrogen-bond donors (Lipinski definition) is 1. The van der Waals surface area contributed by atoms with Crippen molar-refractivity contribution in [3.05, 3.63) is 26.4 Å². The molecular formula is C6H4F3NO4S. The molecule has 0 fully saturated rings. The lowest BCUT2D eigenvalue weighted by Crippen LogP contribution is -2.16. The van der Waals surface area contributed by atoms with Crippen LogP contribution in [0.5, 0.6) is 5.75 Å². The molecule has 1 unspecified atom stereocenters. The van der Waals surface area contributed by atoms with Crippen molar-refractivity contribution in [1.29, 1.82) is 0 Å². The first kappa shape index (κ1) is 11.7. The number of hydrogen-bond acceptors (Lipinski definition) is 5. The van der Waals surface area contributed by atoms with Crippen molar-refractivity contribution in [3.8, 4) is 5.75 Å². The number of halogens is 3. The molecule has 1 N–H and O–H groups in total. The fraction of sp³-hybridized carbons (Fsp3) is 0.333. The zero-order chi connectivity index (χ0) is 11.6. The van der Waals surface area contributed by atoms with E-state index in [0.717, 1.165) is 11.4 Å². The number of nitrogens with zero attached hydrogens (tertiary/aromatic N) is 1. The molecule has 1 aromatic rings. The van der Waals surface area contributed by atoms with E-state index in [1.54, 1.807) is 0 Å². The maximum Gasteiger partial charge on any atom is 0.573 e. The highest BCUT2D eigenvalue weighted by Crippen LogP contribution is 2.30. The summed E-state index contributed by atoms with van der Waals surface area (Å²) in [6.45, 7) is 0. The second-order valence-corrected chi connectivity index (χ2v) is 3.33. The van der Waals surface area contributed by atoms with Gasteiger partial charge in [-0.1, -0.05) is 0 Å². The van der Waals surface area contributed by atoms with E-state index >= 15 is 0 Å². The SMILES string of the molecule is O=[N+]([O-])C(O)c1cc(OC(F)(F)F)cs1. The molecule has 0 bridgehead atoms. The smallest absolute Gasteiger partial charge is 0.405 e. The molecule has 0 spiro atoms. The first-order chi connectivity index (χ1) is 6.79. The Morgan fingerprint density at radius 1 is 1.60 bits per heavy atom. The maximum absolute atomic E-state index is 11.7. The van der Waals surface area contributed by atoms with Gasteiger partial charge in [0, 0.05) is 11.4 Å². The molecule has 9 heteroatoms. The summed E-state index contributed by atoms with van der Waals surface area (Å²) in [5.41, 5.74) is 0. The lowest BCUT2D eigenvalue weighted by Gasteiger charge is -2.05. The van der Waals surface area contributed by atoms with Crippen LogP contribution in [0.1, 0.15) is 11.1 Å². The minimum Gasteiger partial charge on any atom is -0.405 e. The van der Waals surface area contributed by atoms with Crippen molar-refractivity contribution in [2.75, 3.05) is 0 Å². The average Bonchev–Trinajstić information content (AvgIpc) is 2.48. The number of aliphatic hydroxyl groups is 1. The number of thiophene rings is 1. The average molecular weight is 243 g/mol. The normalized spacial score (nSPS) is 13.6. The molecular weight excluding hydrogens is 239 g/mol. The highest BCUT2D eigenvalue weighted by molar-refractivity contribution is 7.10. The fourth-order valence-corrected chi connectivity index (χ4v) is 1.52. The van der Waals surface area contributed by atoms with Crippen LogP contribution in [0, 0.1) is 10.1 Å². The lowest BCUT2D eigenvalue weighted by atomic mass is 10.4. The van der Waals surface area contributed by atoms with Crippen LogP contribution in [0.25, 0.3) is 0 Å². The monoisotopic (exact) mass is 243 g/mol. The molecule has 5 nitrogen and oxygen atoms in total. The summed E-state index contributed by atoms with van der Waals surface area (Å²) in [7, 11) is 0. The van der Waals surface area contributed by atoms with Gasteiger partial charge in [-0.05, 0) is 0 Å². The Kier molecular flexibility index (Phi) is 3.15. The third-order valence-corrected chi connectivity index (χ3v) is 2.23. The molecule has 0 aromatic carbocycles. The van der Waals surface area contributed by atoms with Gasteiger partial charge < -0.3 is 9.84 Å². The van der Waals surface area contributed by atoms with E-state index in [1.807, 2.05) is 0 Å². The van der Waals surface area contributed by atoms with Crippen molar-refractivity contribution < 1.29 is 27.9 Å². The zero-order valence-corrected chi connectivity index (χ0v) is 7.71. The van der Waals surface area contributed by atoms with Crippen molar-refractivity contribution in [2.45, 2.75) is 12.6 Å². The molecule has 0 saturated heterocycles. The molecule has 0 aliphatic rings. The lowest BCUT2D eigenvalue weighted by molar-refractivity contribution is -0.577. The summed E-state index contributed by atoms with van der Waals surface area (Å²) in [4.78, 5) is 8.85. The number of ether oxygens (including phenoxy) is 1. The van der Waals surface area contributed by atoms with Crippen molar-refractivity contribution in [1.82, 2.24) is 0 Å². The molecule has 0 amide bonds. The Bertz CT molecular complexity index is 364. The van der Waals surface area contributed by atoms with E-state index in [1.165, 1.54) is 0 Å². The largest absolute Gasteiger partial charge is 0.573 e. The highest BCUT2D eigenvalue weighted by Gasteiger charge is 2.32. The quantitative estimate of drug-likeness (QED) is 0.500.